The molecule has 0 aliphatic carbocycles. The minimum atomic E-state index is -4.02. The molecule has 32 heavy (non-hydrogen) atoms. The van der Waals surface area contributed by atoms with Crippen molar-refractivity contribution in [1.82, 2.24) is 5.16 Å². The van der Waals surface area contributed by atoms with E-state index in [0.29, 0.717) is 23.4 Å². The minimum absolute atomic E-state index is 0.146. The molecular formula is C24H30N2O5S. The molecule has 1 aromatic heterocycles. The number of sulfonamides is 1. The monoisotopic (exact) mass is 458 g/mol. The van der Waals surface area contributed by atoms with Gasteiger partial charge in [-0.2, -0.15) is 0 Å². The molecule has 0 N–H and O–H groups in total. The third kappa shape index (κ3) is 5.20. The first-order valence-corrected chi connectivity index (χ1v) is 12.0. The van der Waals surface area contributed by atoms with Crippen LogP contribution in [0.25, 0.3) is 11.1 Å². The van der Waals surface area contributed by atoms with Gasteiger partial charge in [0.2, 0.25) is 5.88 Å². The number of hydrogen-bond acceptors (Lipinski definition) is 6. The number of methoxy groups -OCH3 is 1. The first-order chi connectivity index (χ1) is 15.4. The second kappa shape index (κ2) is 10.8. The van der Waals surface area contributed by atoms with Crippen molar-refractivity contribution in [3.63, 3.8) is 0 Å². The van der Waals surface area contributed by atoms with Gasteiger partial charge in [-0.1, -0.05) is 61.0 Å². The highest BCUT2D eigenvalue weighted by Crippen LogP contribution is 2.33. The molecule has 0 atom stereocenters. The van der Waals surface area contributed by atoms with Crippen LogP contribution in [-0.4, -0.2) is 40.6 Å². The number of aromatic nitrogens is 1. The zero-order chi connectivity index (χ0) is 23.1. The van der Waals surface area contributed by atoms with Crippen molar-refractivity contribution in [3.8, 4) is 11.1 Å². The van der Waals surface area contributed by atoms with Gasteiger partial charge in [-0.25, -0.2) is 12.7 Å². The van der Waals surface area contributed by atoms with Crippen molar-refractivity contribution >= 4 is 15.9 Å². The van der Waals surface area contributed by atoms with Crippen molar-refractivity contribution < 1.29 is 22.4 Å². The normalized spacial score (nSPS) is 11.6. The second-order valence-corrected chi connectivity index (χ2v) is 9.36. The Balaban J connectivity index is 2.04. The van der Waals surface area contributed by atoms with Crippen LogP contribution in [0.15, 0.2) is 57.9 Å². The summed E-state index contributed by atoms with van der Waals surface area (Å²) in [5.74, 6) is 0.146. The van der Waals surface area contributed by atoms with Gasteiger partial charge in [-0.05, 0) is 37.5 Å². The van der Waals surface area contributed by atoms with Crippen LogP contribution in [0.2, 0.25) is 0 Å². The SMILES string of the molecule is CCCc1ccc(-c2ccccc2S(=O)(=O)N(COCCOC)c2onc(C)c2C)cc1. The minimum Gasteiger partial charge on any atom is -0.382 e. The molecule has 8 heteroatoms. The molecular weight excluding hydrogens is 428 g/mol. The average Bonchev–Trinajstić information content (AvgIpc) is 3.12. The highest BCUT2D eigenvalue weighted by Gasteiger charge is 2.32. The Morgan fingerprint density at radius 2 is 1.75 bits per heavy atom. The van der Waals surface area contributed by atoms with Crippen LogP contribution in [0.5, 0.6) is 0 Å². The molecule has 0 saturated carbocycles. The van der Waals surface area contributed by atoms with E-state index in [-0.39, 0.29) is 24.1 Å². The van der Waals surface area contributed by atoms with E-state index >= 15 is 0 Å². The molecule has 3 rings (SSSR count). The number of hydrogen-bond donors (Lipinski definition) is 0. The van der Waals surface area contributed by atoms with E-state index in [9.17, 15) is 8.42 Å². The molecule has 0 unspecified atom stereocenters. The first-order valence-electron chi connectivity index (χ1n) is 10.6. The van der Waals surface area contributed by atoms with Crippen LogP contribution in [-0.2, 0) is 25.9 Å². The molecule has 0 saturated heterocycles. The summed E-state index contributed by atoms with van der Waals surface area (Å²) < 4.78 is 44.8. The Morgan fingerprint density at radius 3 is 2.38 bits per heavy atom. The van der Waals surface area contributed by atoms with E-state index < -0.39 is 10.0 Å². The number of benzene rings is 2. The zero-order valence-electron chi connectivity index (χ0n) is 19.0. The van der Waals surface area contributed by atoms with Gasteiger partial charge in [0.1, 0.15) is 6.73 Å². The Kier molecular flexibility index (Phi) is 8.06. The fourth-order valence-electron chi connectivity index (χ4n) is 3.35. The maximum atomic E-state index is 13.8. The van der Waals surface area contributed by atoms with Gasteiger partial charge in [0.25, 0.3) is 10.0 Å². The number of rotatable bonds is 11. The number of ether oxygens (including phenoxy) is 2. The van der Waals surface area contributed by atoms with E-state index in [1.165, 1.54) is 5.56 Å². The summed E-state index contributed by atoms with van der Waals surface area (Å²) in [6, 6.07) is 15.0. The van der Waals surface area contributed by atoms with Crippen LogP contribution in [0.4, 0.5) is 5.88 Å². The van der Waals surface area contributed by atoms with Crippen LogP contribution in [0.3, 0.4) is 0 Å². The van der Waals surface area contributed by atoms with Crippen LogP contribution in [0, 0.1) is 13.8 Å². The van der Waals surface area contributed by atoms with E-state index in [1.54, 1.807) is 33.1 Å². The van der Waals surface area contributed by atoms with Crippen molar-refractivity contribution in [2.45, 2.75) is 38.5 Å². The maximum absolute atomic E-state index is 13.8. The lowest BCUT2D eigenvalue weighted by molar-refractivity contribution is 0.0744. The molecule has 0 aliphatic rings. The van der Waals surface area contributed by atoms with E-state index in [0.717, 1.165) is 22.7 Å². The predicted molar refractivity (Wildman–Crippen MR) is 124 cm³/mol. The molecule has 0 spiro atoms. The highest BCUT2D eigenvalue weighted by molar-refractivity contribution is 7.93. The Morgan fingerprint density at radius 1 is 1.03 bits per heavy atom. The molecule has 7 nitrogen and oxygen atoms in total. The smallest absolute Gasteiger partial charge is 0.269 e. The van der Waals surface area contributed by atoms with Gasteiger partial charge in [-0.15, -0.1) is 0 Å². The number of aryl methyl sites for hydroxylation is 2. The van der Waals surface area contributed by atoms with Crippen LogP contribution >= 0.6 is 0 Å². The van der Waals surface area contributed by atoms with Crippen LogP contribution in [0.1, 0.15) is 30.2 Å². The summed E-state index contributed by atoms with van der Waals surface area (Å²) in [4.78, 5) is 0.173. The first kappa shape index (κ1) is 24.0. The number of nitrogens with zero attached hydrogens (tertiary/aromatic N) is 2. The largest absolute Gasteiger partial charge is 0.382 e. The fraction of sp³-hybridized carbons (Fsp3) is 0.375. The van der Waals surface area contributed by atoms with Crippen molar-refractivity contribution in [2.75, 3.05) is 31.4 Å². The molecule has 3 aromatic rings. The standard InChI is InChI=1S/C24H30N2O5S/c1-5-8-20-11-13-21(14-12-20)22-9-6-7-10-23(22)32(27,28)26(17-30-16-15-29-4)24-18(2)19(3)25-31-24/h6-7,9-14H,5,8,15-17H2,1-4H3. The lowest BCUT2D eigenvalue weighted by Crippen LogP contribution is -2.34. The molecule has 0 fully saturated rings. The highest BCUT2D eigenvalue weighted by atomic mass is 32.2. The summed E-state index contributed by atoms with van der Waals surface area (Å²) in [7, 11) is -2.46. The summed E-state index contributed by atoms with van der Waals surface area (Å²) in [6.07, 6.45) is 2.04. The average molecular weight is 459 g/mol. The molecule has 0 bridgehead atoms. The molecule has 1 heterocycles. The summed E-state index contributed by atoms with van der Waals surface area (Å²) in [5.41, 5.74) is 3.93. The van der Waals surface area contributed by atoms with Gasteiger partial charge >= 0.3 is 0 Å². The second-order valence-electron chi connectivity index (χ2n) is 7.52. The number of anilines is 1. The third-order valence-corrected chi connectivity index (χ3v) is 7.02. The lowest BCUT2D eigenvalue weighted by Gasteiger charge is -2.23. The summed E-state index contributed by atoms with van der Waals surface area (Å²) in [6.45, 7) is 6.05. The van der Waals surface area contributed by atoms with Crippen molar-refractivity contribution in [1.29, 1.82) is 0 Å². The Hall–Kier alpha value is -2.68. The Labute approximate surface area is 190 Å². The topological polar surface area (TPSA) is 81.9 Å². The predicted octanol–water partition coefficient (Wildman–Crippen LogP) is 4.73. The third-order valence-electron chi connectivity index (χ3n) is 5.26. The zero-order valence-corrected chi connectivity index (χ0v) is 19.8. The van der Waals surface area contributed by atoms with Crippen LogP contribution < -0.4 is 4.31 Å². The van der Waals surface area contributed by atoms with Gasteiger partial charge in [0.15, 0.2) is 0 Å². The van der Waals surface area contributed by atoms with Gasteiger partial charge < -0.3 is 14.0 Å². The summed E-state index contributed by atoms with van der Waals surface area (Å²) >= 11 is 0. The quantitative estimate of drug-likeness (QED) is 0.305. The van der Waals surface area contributed by atoms with Crippen molar-refractivity contribution in [3.05, 3.63) is 65.4 Å². The molecule has 2 aromatic carbocycles. The summed E-state index contributed by atoms with van der Waals surface area (Å²) in [5, 5.41) is 3.94. The molecule has 0 amide bonds. The van der Waals surface area contributed by atoms with Crippen molar-refractivity contribution in [2.24, 2.45) is 0 Å². The van der Waals surface area contributed by atoms with Gasteiger partial charge in [0, 0.05) is 18.2 Å². The fourth-order valence-corrected chi connectivity index (χ4v) is 4.90. The molecule has 0 aliphatic heterocycles. The molecule has 172 valence electrons. The Bertz CT molecular complexity index is 1120. The van der Waals surface area contributed by atoms with E-state index in [1.807, 2.05) is 36.4 Å². The van der Waals surface area contributed by atoms with E-state index in [2.05, 4.69) is 12.1 Å². The van der Waals surface area contributed by atoms with E-state index in [4.69, 9.17) is 14.0 Å². The van der Waals surface area contributed by atoms with Gasteiger partial charge in [-0.3, -0.25) is 0 Å². The maximum Gasteiger partial charge on any atom is 0.269 e. The lowest BCUT2D eigenvalue weighted by atomic mass is 10.0. The van der Waals surface area contributed by atoms with Gasteiger partial charge in [0.05, 0.1) is 23.8 Å². The molecule has 0 radical (unpaired) electrons.